The van der Waals surface area contributed by atoms with E-state index in [0.29, 0.717) is 12.0 Å². The van der Waals surface area contributed by atoms with E-state index in [1.54, 1.807) is 62.4 Å². The lowest BCUT2D eigenvalue weighted by Crippen LogP contribution is -2.82. The fourth-order valence-corrected chi connectivity index (χ4v) is 10.1. The molecule has 15 nitrogen and oxygen atoms in total. The second-order valence-corrected chi connectivity index (χ2v) is 17.5. The number of esters is 4. The van der Waals surface area contributed by atoms with Gasteiger partial charge in [-0.15, -0.1) is 0 Å². The molecule has 0 unspecified atom stereocenters. The number of ether oxygens (including phenoxy) is 5. The van der Waals surface area contributed by atoms with E-state index in [2.05, 4.69) is 5.32 Å². The van der Waals surface area contributed by atoms with Gasteiger partial charge in [-0.05, 0) is 49.1 Å². The van der Waals surface area contributed by atoms with Crippen LogP contribution in [-0.4, -0.2) is 105 Å². The van der Waals surface area contributed by atoms with Gasteiger partial charge in [-0.2, -0.15) is 0 Å². The first-order valence-electron chi connectivity index (χ1n) is 20.9. The molecule has 61 heavy (non-hydrogen) atoms. The number of aliphatic hydroxyl groups excluding tert-OH is 2. The van der Waals surface area contributed by atoms with Crippen molar-refractivity contribution in [1.82, 2.24) is 5.32 Å². The van der Waals surface area contributed by atoms with Gasteiger partial charge in [-0.1, -0.05) is 82.1 Å². The van der Waals surface area contributed by atoms with E-state index in [-0.39, 0.29) is 36.2 Å². The Morgan fingerprint density at radius 2 is 1.56 bits per heavy atom. The van der Waals surface area contributed by atoms with Gasteiger partial charge in [0.25, 0.3) is 0 Å². The average Bonchev–Trinajstić information content (AvgIpc) is 3.21. The van der Waals surface area contributed by atoms with Gasteiger partial charge < -0.3 is 44.3 Å². The van der Waals surface area contributed by atoms with Crippen LogP contribution in [0.15, 0.2) is 71.8 Å². The Morgan fingerprint density at radius 1 is 0.918 bits per heavy atom. The summed E-state index contributed by atoms with van der Waals surface area (Å²) in [5.74, 6) is -6.55. The average molecular weight is 848 g/mol. The van der Waals surface area contributed by atoms with Gasteiger partial charge in [0.15, 0.2) is 23.6 Å². The molecule has 1 aliphatic heterocycles. The molecule has 4 N–H and O–H groups in total. The molecular weight excluding hydrogens is 790 g/mol. The number of carbonyl (C=O) groups excluding carboxylic acids is 6. The summed E-state index contributed by atoms with van der Waals surface area (Å²) in [5, 5.41) is 40.2. The number of fused-ring (bicyclic) bond motifs is 5. The number of aliphatic hydroxyl groups is 3. The Morgan fingerprint density at radius 3 is 2.13 bits per heavy atom. The Kier molecular flexibility index (Phi) is 13.0. The van der Waals surface area contributed by atoms with Crippen LogP contribution in [0.3, 0.4) is 0 Å². The summed E-state index contributed by atoms with van der Waals surface area (Å²) < 4.78 is 30.3. The number of benzene rings is 2. The first-order valence-corrected chi connectivity index (χ1v) is 20.9. The highest BCUT2D eigenvalue weighted by molar-refractivity contribution is 5.95. The Balaban J connectivity index is 1.52. The third-order valence-electron chi connectivity index (χ3n) is 13.5. The quantitative estimate of drug-likeness (QED) is 0.0969. The van der Waals surface area contributed by atoms with Crippen molar-refractivity contribution in [2.45, 2.75) is 141 Å². The maximum absolute atomic E-state index is 15.5. The summed E-state index contributed by atoms with van der Waals surface area (Å²) in [6.07, 6.45) is -7.92. The molecule has 11 atom stereocenters. The molecule has 6 rings (SSSR count). The summed E-state index contributed by atoms with van der Waals surface area (Å²) in [6, 6.07) is 15.0. The highest BCUT2D eigenvalue weighted by Crippen LogP contribution is 2.64. The standard InChI is InChI=1S/C46H57NO14/c1-8-9-12-21-33(51)47-35(28-17-13-10-14-18-28)36(52)42(55)59-30-23-46(56)40(60-41(54)29-19-15-11-16-20-29)38-44(7,31(50)22-32-45(38,24-57-32)61-27(4)49)39(53)37(58-26(3)48)34(25(30)2)43(46,5)6/h10-11,13-20,30-32,35-38,40,50,52,56H,8-9,12,21-24H2,1-7H3,(H,47,51)/t30-,31-,32+,35+,36-,37-,38-,40+,44-,45+,46+/m1/s1. The van der Waals surface area contributed by atoms with Crippen LogP contribution < -0.4 is 5.32 Å². The summed E-state index contributed by atoms with van der Waals surface area (Å²) >= 11 is 0. The van der Waals surface area contributed by atoms with Crippen molar-refractivity contribution in [3.05, 3.63) is 82.9 Å². The minimum absolute atomic E-state index is 0.0127. The third kappa shape index (κ3) is 8.01. The summed E-state index contributed by atoms with van der Waals surface area (Å²) in [7, 11) is 0. The topological polar surface area (TPSA) is 221 Å². The van der Waals surface area contributed by atoms with E-state index < -0.39 is 113 Å². The van der Waals surface area contributed by atoms with Crippen LogP contribution in [0.2, 0.25) is 0 Å². The molecule has 3 fully saturated rings. The smallest absolute Gasteiger partial charge is 0.338 e. The summed E-state index contributed by atoms with van der Waals surface area (Å²) in [4.78, 5) is 83.0. The molecule has 15 heteroatoms. The molecule has 2 aromatic carbocycles. The number of carbonyl (C=O) groups is 6. The van der Waals surface area contributed by atoms with E-state index in [0.717, 1.165) is 26.7 Å². The molecule has 2 saturated carbocycles. The molecule has 3 aliphatic carbocycles. The van der Waals surface area contributed by atoms with Crippen molar-refractivity contribution in [3.8, 4) is 0 Å². The Labute approximate surface area is 355 Å². The van der Waals surface area contributed by atoms with Crippen LogP contribution in [-0.2, 0) is 47.7 Å². The van der Waals surface area contributed by atoms with Gasteiger partial charge in [-0.3, -0.25) is 19.2 Å². The second-order valence-electron chi connectivity index (χ2n) is 17.5. The maximum Gasteiger partial charge on any atom is 0.338 e. The highest BCUT2D eigenvalue weighted by atomic mass is 16.6. The number of Topliss-reactive ketones (excluding diaryl/α,β-unsaturated/α-hetero) is 1. The van der Waals surface area contributed by atoms with Crippen LogP contribution in [0.1, 0.15) is 109 Å². The first kappa shape index (κ1) is 45.6. The zero-order valence-electron chi connectivity index (χ0n) is 35.7. The van der Waals surface area contributed by atoms with Crippen molar-refractivity contribution in [3.63, 3.8) is 0 Å². The maximum atomic E-state index is 15.5. The van der Waals surface area contributed by atoms with Crippen molar-refractivity contribution in [2.75, 3.05) is 6.61 Å². The van der Waals surface area contributed by atoms with E-state index in [9.17, 15) is 39.3 Å². The van der Waals surface area contributed by atoms with Gasteiger partial charge in [0.05, 0.1) is 35.6 Å². The lowest BCUT2D eigenvalue weighted by Gasteiger charge is -2.67. The number of unbranched alkanes of at least 4 members (excludes halogenated alkanes) is 2. The zero-order valence-corrected chi connectivity index (χ0v) is 35.7. The zero-order chi connectivity index (χ0) is 44.7. The summed E-state index contributed by atoms with van der Waals surface area (Å²) in [5.41, 5.74) is -7.12. The molecular formula is C46H57NO14. The summed E-state index contributed by atoms with van der Waals surface area (Å²) in [6.45, 7) is 10.0. The molecule has 4 aliphatic rings. The number of hydrogen-bond donors (Lipinski definition) is 4. The molecule has 330 valence electrons. The van der Waals surface area contributed by atoms with Gasteiger partial charge in [0, 0.05) is 38.5 Å². The van der Waals surface area contributed by atoms with Gasteiger partial charge in [-0.25, -0.2) is 9.59 Å². The lowest BCUT2D eigenvalue weighted by atomic mass is 9.44. The Bertz CT molecular complexity index is 2050. The van der Waals surface area contributed by atoms with Crippen molar-refractivity contribution < 1.29 is 67.8 Å². The fraction of sp³-hybridized carbons (Fsp3) is 0.565. The van der Waals surface area contributed by atoms with Crippen molar-refractivity contribution in [1.29, 1.82) is 0 Å². The number of hydrogen-bond acceptors (Lipinski definition) is 14. The van der Waals surface area contributed by atoms with Crippen LogP contribution in [0.5, 0.6) is 0 Å². The van der Waals surface area contributed by atoms with Gasteiger partial charge in [0.1, 0.15) is 23.9 Å². The highest BCUT2D eigenvalue weighted by Gasteiger charge is 2.78. The molecule has 2 bridgehead atoms. The SMILES string of the molecule is CCCCCC(=O)N[C@@H](c1ccccc1)[C@@H](O)C(=O)O[C@@H]1C[C@]2(O)[C@@H](OC(=O)c3ccccc3)[C@H]3[C@]4(OC(C)=O)CO[C@H]4C[C@@H](O)[C@@]3(C)C(=O)[C@H](OC(C)=O)C(=C1C)C2(C)C. The van der Waals surface area contributed by atoms with Crippen molar-refractivity contribution in [2.24, 2.45) is 16.7 Å². The molecule has 0 aromatic heterocycles. The van der Waals surface area contributed by atoms with E-state index in [1.165, 1.54) is 26.0 Å². The van der Waals surface area contributed by atoms with E-state index in [1.807, 2.05) is 6.92 Å². The largest absolute Gasteiger partial charge is 0.456 e. The van der Waals surface area contributed by atoms with Gasteiger partial charge in [0.2, 0.25) is 5.91 Å². The number of ketones is 1. The predicted octanol–water partition coefficient (Wildman–Crippen LogP) is 4.00. The van der Waals surface area contributed by atoms with Gasteiger partial charge >= 0.3 is 23.9 Å². The lowest BCUT2D eigenvalue weighted by molar-refractivity contribution is -0.346. The number of nitrogens with one attached hydrogen (secondary N) is 1. The normalized spacial score (nSPS) is 32.3. The number of amides is 1. The Hall–Kier alpha value is -4.96. The van der Waals surface area contributed by atoms with Crippen LogP contribution >= 0.6 is 0 Å². The monoisotopic (exact) mass is 847 g/mol. The molecule has 2 aromatic rings. The van der Waals surface area contributed by atoms with Crippen LogP contribution in [0, 0.1) is 16.7 Å². The van der Waals surface area contributed by atoms with E-state index >= 15 is 4.79 Å². The fourth-order valence-electron chi connectivity index (χ4n) is 10.1. The minimum atomic E-state index is -2.37. The third-order valence-corrected chi connectivity index (χ3v) is 13.5. The molecule has 1 heterocycles. The predicted molar refractivity (Wildman–Crippen MR) is 216 cm³/mol. The first-order chi connectivity index (χ1) is 28.7. The molecule has 1 saturated heterocycles. The van der Waals surface area contributed by atoms with E-state index in [4.69, 9.17) is 23.7 Å². The number of rotatable bonds is 13. The van der Waals surface area contributed by atoms with Crippen LogP contribution in [0.25, 0.3) is 0 Å². The van der Waals surface area contributed by atoms with Crippen LogP contribution in [0.4, 0.5) is 0 Å². The van der Waals surface area contributed by atoms with Crippen molar-refractivity contribution >= 4 is 35.6 Å². The molecule has 0 spiro atoms. The molecule has 0 radical (unpaired) electrons. The molecule has 1 amide bonds. The minimum Gasteiger partial charge on any atom is -0.456 e. The second kappa shape index (κ2) is 17.4.